The first-order valence-corrected chi connectivity index (χ1v) is 2.37. The molecule has 0 saturated carbocycles. The molecule has 0 aliphatic heterocycles. The molecule has 0 aromatic carbocycles. The minimum Gasteiger partial charge on any atom is -0.409 e. The van der Waals surface area contributed by atoms with Crippen molar-refractivity contribution in [3.05, 3.63) is 0 Å². The summed E-state index contributed by atoms with van der Waals surface area (Å²) in [5.41, 5.74) is 0.889. The molecule has 8 heavy (non-hydrogen) atoms. The second kappa shape index (κ2) is 3.18. The number of nitrogens with zero attached hydrogens (tertiary/aromatic N) is 2. The van der Waals surface area contributed by atoms with E-state index in [1.165, 1.54) is 0 Å². The van der Waals surface area contributed by atoms with E-state index in [0.29, 0.717) is 5.84 Å². The van der Waals surface area contributed by atoms with Gasteiger partial charge in [-0.05, 0) is 20.8 Å². The number of amidine groups is 1. The van der Waals surface area contributed by atoms with Gasteiger partial charge in [-0.1, -0.05) is 5.16 Å². The summed E-state index contributed by atoms with van der Waals surface area (Å²) in [5, 5.41) is 10.9. The Bertz CT molecular complexity index is 122. The van der Waals surface area contributed by atoms with Crippen molar-refractivity contribution < 1.29 is 5.21 Å². The van der Waals surface area contributed by atoms with Crippen LogP contribution in [0.15, 0.2) is 10.1 Å². The molecule has 0 unspecified atom stereocenters. The van der Waals surface area contributed by atoms with E-state index in [9.17, 15) is 0 Å². The predicted molar refractivity (Wildman–Crippen MR) is 33.7 cm³/mol. The molecule has 0 bridgehead atoms. The van der Waals surface area contributed by atoms with Gasteiger partial charge in [0.2, 0.25) is 0 Å². The molecule has 0 aromatic heterocycles. The quantitative estimate of drug-likeness (QED) is 0.219. The second-order valence-electron chi connectivity index (χ2n) is 1.71. The number of oxime groups is 1. The Morgan fingerprint density at radius 2 is 1.75 bits per heavy atom. The summed E-state index contributed by atoms with van der Waals surface area (Å²) in [6, 6.07) is 0. The minimum absolute atomic E-state index is 0.394. The van der Waals surface area contributed by atoms with Crippen LogP contribution in [0.1, 0.15) is 20.8 Å². The molecule has 0 spiro atoms. The van der Waals surface area contributed by atoms with E-state index < -0.39 is 0 Å². The zero-order chi connectivity index (χ0) is 6.57. The van der Waals surface area contributed by atoms with Crippen molar-refractivity contribution in [2.45, 2.75) is 20.8 Å². The standard InChI is InChI=1S/C5H10N2O/c1-4(2)6-5(3)7-8/h8H,1-3H3/b7-5-. The van der Waals surface area contributed by atoms with Crippen LogP contribution in [0, 0.1) is 0 Å². The number of hydrogen-bond acceptors (Lipinski definition) is 2. The summed E-state index contributed by atoms with van der Waals surface area (Å²) < 4.78 is 0. The maximum atomic E-state index is 8.06. The molecule has 0 aliphatic carbocycles. The van der Waals surface area contributed by atoms with Crippen molar-refractivity contribution >= 4 is 11.5 Å². The average Bonchev–Trinajstić information content (AvgIpc) is 1.65. The van der Waals surface area contributed by atoms with Gasteiger partial charge >= 0.3 is 0 Å². The topological polar surface area (TPSA) is 45.0 Å². The zero-order valence-corrected chi connectivity index (χ0v) is 5.34. The Labute approximate surface area is 48.7 Å². The van der Waals surface area contributed by atoms with Crippen LogP contribution in [0.5, 0.6) is 0 Å². The fraction of sp³-hybridized carbons (Fsp3) is 0.600. The first-order chi connectivity index (χ1) is 3.66. The van der Waals surface area contributed by atoms with Crippen LogP contribution in [0.25, 0.3) is 0 Å². The largest absolute Gasteiger partial charge is 0.409 e. The molecule has 3 heteroatoms. The lowest BCUT2D eigenvalue weighted by atomic mass is 10.5. The van der Waals surface area contributed by atoms with E-state index in [-0.39, 0.29) is 0 Å². The van der Waals surface area contributed by atoms with Crippen molar-refractivity contribution in [3.63, 3.8) is 0 Å². The summed E-state index contributed by atoms with van der Waals surface area (Å²) in [6.45, 7) is 5.32. The average molecular weight is 114 g/mol. The molecule has 1 N–H and O–H groups in total. The highest BCUT2D eigenvalue weighted by Gasteiger charge is 1.81. The van der Waals surface area contributed by atoms with Crippen molar-refractivity contribution in [1.29, 1.82) is 0 Å². The van der Waals surface area contributed by atoms with E-state index >= 15 is 0 Å². The highest BCUT2D eigenvalue weighted by atomic mass is 16.4. The van der Waals surface area contributed by atoms with Crippen molar-refractivity contribution in [1.82, 2.24) is 0 Å². The Morgan fingerprint density at radius 3 is 1.88 bits per heavy atom. The first-order valence-electron chi connectivity index (χ1n) is 2.37. The molecule has 3 nitrogen and oxygen atoms in total. The fourth-order valence-electron chi connectivity index (χ4n) is 0.346. The zero-order valence-electron chi connectivity index (χ0n) is 5.34. The smallest absolute Gasteiger partial charge is 0.164 e. The summed E-state index contributed by atoms with van der Waals surface area (Å²) in [4.78, 5) is 3.81. The Kier molecular flexibility index (Phi) is 2.84. The third-order valence-electron chi connectivity index (χ3n) is 0.530. The van der Waals surface area contributed by atoms with Crippen LogP contribution in [0.4, 0.5) is 0 Å². The van der Waals surface area contributed by atoms with Gasteiger partial charge in [0.15, 0.2) is 5.84 Å². The molecule has 0 aromatic rings. The molecule has 0 radical (unpaired) electrons. The highest BCUT2D eigenvalue weighted by Crippen LogP contribution is 1.79. The molecule has 0 fully saturated rings. The Morgan fingerprint density at radius 1 is 1.25 bits per heavy atom. The lowest BCUT2D eigenvalue weighted by Crippen LogP contribution is -1.89. The van der Waals surface area contributed by atoms with Crippen LogP contribution in [0.3, 0.4) is 0 Å². The first kappa shape index (κ1) is 7.14. The number of aliphatic imine (C=N–C) groups is 1. The maximum Gasteiger partial charge on any atom is 0.164 e. The van der Waals surface area contributed by atoms with Crippen LogP contribution in [0.2, 0.25) is 0 Å². The maximum absolute atomic E-state index is 8.06. The molecule has 0 rings (SSSR count). The van der Waals surface area contributed by atoms with Gasteiger partial charge in [-0.25, -0.2) is 4.99 Å². The molecule has 0 heterocycles. The molecule has 0 atom stereocenters. The molecule has 0 saturated heterocycles. The lowest BCUT2D eigenvalue weighted by molar-refractivity contribution is 0.318. The van der Waals surface area contributed by atoms with Gasteiger partial charge in [0.05, 0.1) is 0 Å². The predicted octanol–water partition coefficient (Wildman–Crippen LogP) is 1.27. The van der Waals surface area contributed by atoms with E-state index in [2.05, 4.69) is 10.1 Å². The van der Waals surface area contributed by atoms with E-state index in [0.717, 1.165) is 5.71 Å². The fourth-order valence-corrected chi connectivity index (χ4v) is 0.346. The minimum atomic E-state index is 0.394. The van der Waals surface area contributed by atoms with Gasteiger partial charge in [0, 0.05) is 5.71 Å². The summed E-state index contributed by atoms with van der Waals surface area (Å²) >= 11 is 0. The van der Waals surface area contributed by atoms with Gasteiger partial charge in [-0.15, -0.1) is 0 Å². The Hall–Kier alpha value is -0.860. The molecule has 0 aliphatic rings. The van der Waals surface area contributed by atoms with Gasteiger partial charge in [0.25, 0.3) is 0 Å². The summed E-state index contributed by atoms with van der Waals surface area (Å²) in [7, 11) is 0. The monoisotopic (exact) mass is 114 g/mol. The molecule has 0 amide bonds. The van der Waals surface area contributed by atoms with E-state index in [1.807, 2.05) is 13.8 Å². The second-order valence-corrected chi connectivity index (χ2v) is 1.71. The van der Waals surface area contributed by atoms with Crippen molar-refractivity contribution in [3.8, 4) is 0 Å². The highest BCUT2D eigenvalue weighted by molar-refractivity contribution is 5.94. The molecular weight excluding hydrogens is 104 g/mol. The van der Waals surface area contributed by atoms with Crippen LogP contribution >= 0.6 is 0 Å². The lowest BCUT2D eigenvalue weighted by Gasteiger charge is -1.86. The Balaban J connectivity index is 3.89. The SMILES string of the molecule is CC(C)=N/C(C)=N\O. The van der Waals surface area contributed by atoms with Crippen LogP contribution < -0.4 is 0 Å². The normalized spacial score (nSPS) is 11.1. The number of hydrogen-bond donors (Lipinski definition) is 1. The summed E-state index contributed by atoms with van der Waals surface area (Å²) in [6.07, 6.45) is 0. The van der Waals surface area contributed by atoms with E-state index in [4.69, 9.17) is 5.21 Å². The third-order valence-corrected chi connectivity index (χ3v) is 0.530. The van der Waals surface area contributed by atoms with Crippen molar-refractivity contribution in [2.75, 3.05) is 0 Å². The van der Waals surface area contributed by atoms with Crippen LogP contribution in [-0.4, -0.2) is 16.8 Å². The van der Waals surface area contributed by atoms with Gasteiger partial charge in [-0.2, -0.15) is 0 Å². The van der Waals surface area contributed by atoms with E-state index in [1.54, 1.807) is 6.92 Å². The van der Waals surface area contributed by atoms with Gasteiger partial charge < -0.3 is 5.21 Å². The van der Waals surface area contributed by atoms with Gasteiger partial charge in [-0.3, -0.25) is 0 Å². The van der Waals surface area contributed by atoms with Gasteiger partial charge in [0.1, 0.15) is 0 Å². The molecular formula is C5H10N2O. The van der Waals surface area contributed by atoms with Crippen LogP contribution in [-0.2, 0) is 0 Å². The summed E-state index contributed by atoms with van der Waals surface area (Å²) in [5.74, 6) is 0.394. The number of rotatable bonds is 0. The third kappa shape index (κ3) is 3.33. The van der Waals surface area contributed by atoms with Crippen molar-refractivity contribution in [2.24, 2.45) is 10.1 Å². The molecule has 46 valence electrons.